The Hall–Kier alpha value is -7.54. The summed E-state index contributed by atoms with van der Waals surface area (Å²) in [5.74, 6) is 0. The van der Waals surface area contributed by atoms with Crippen molar-refractivity contribution in [3.05, 3.63) is 216 Å². The standard InChI is InChI=1S/C64H44/c1-63(2)55-26-13-11-19-42(55)43-30-28-38(35-57(43)63)37-29-31-51-53(34-37)61(54-36-58-62(45-20-8-7-18-41(45)54)52-23-12-14-27-56(52)64(58,3)4)47-22-10-9-21-46(47)60(51)50-33-32-49-40-17-6-5-16-39(40)44-24-15-25-48(50)59(44)49/h5-36H,1-4H3. The Morgan fingerprint density at radius 3 is 1.42 bits per heavy atom. The normalized spacial score (nSPS) is 14.5. The molecule has 0 N–H and O–H groups in total. The molecule has 300 valence electrons. The maximum Gasteiger partial charge on any atom is 0.0159 e. The molecule has 14 rings (SSSR count). The number of hydrogen-bond acceptors (Lipinski definition) is 0. The smallest absolute Gasteiger partial charge is 0.0159 e. The first-order valence-corrected chi connectivity index (χ1v) is 22.8. The molecule has 0 aliphatic heterocycles. The second-order valence-electron chi connectivity index (χ2n) is 19.5. The Morgan fingerprint density at radius 2 is 0.688 bits per heavy atom. The van der Waals surface area contributed by atoms with Gasteiger partial charge in [0, 0.05) is 10.8 Å². The first-order valence-electron chi connectivity index (χ1n) is 22.8. The maximum absolute atomic E-state index is 2.57. The van der Waals surface area contributed by atoms with Crippen molar-refractivity contribution in [2.75, 3.05) is 0 Å². The molecule has 0 heterocycles. The van der Waals surface area contributed by atoms with Crippen LogP contribution in [-0.4, -0.2) is 0 Å². The molecule has 0 atom stereocenters. The van der Waals surface area contributed by atoms with Crippen molar-refractivity contribution in [1.29, 1.82) is 0 Å². The molecule has 0 spiro atoms. The summed E-state index contributed by atoms with van der Waals surface area (Å²) < 4.78 is 0. The Balaban J connectivity index is 1.10. The van der Waals surface area contributed by atoms with Crippen molar-refractivity contribution in [3.8, 4) is 77.9 Å². The molecule has 3 aliphatic rings. The van der Waals surface area contributed by atoms with Crippen LogP contribution in [0.15, 0.2) is 194 Å². The van der Waals surface area contributed by atoms with Gasteiger partial charge in [-0.15, -0.1) is 0 Å². The van der Waals surface area contributed by atoms with E-state index in [1.807, 2.05) is 0 Å². The molecular formula is C64H44. The van der Waals surface area contributed by atoms with Crippen molar-refractivity contribution in [3.63, 3.8) is 0 Å². The molecule has 0 fully saturated rings. The zero-order valence-corrected chi connectivity index (χ0v) is 36.5. The zero-order chi connectivity index (χ0) is 42.6. The molecule has 3 aliphatic carbocycles. The molecule has 0 nitrogen and oxygen atoms in total. The average Bonchev–Trinajstić information content (AvgIpc) is 3.88. The predicted octanol–water partition coefficient (Wildman–Crippen LogP) is 17.6. The van der Waals surface area contributed by atoms with Crippen molar-refractivity contribution >= 4 is 43.1 Å². The summed E-state index contributed by atoms with van der Waals surface area (Å²) in [5, 5.41) is 10.4. The van der Waals surface area contributed by atoms with E-state index >= 15 is 0 Å². The van der Waals surface area contributed by atoms with Gasteiger partial charge in [-0.1, -0.05) is 204 Å². The summed E-state index contributed by atoms with van der Waals surface area (Å²) in [7, 11) is 0. The molecule has 11 aromatic rings. The third-order valence-electron chi connectivity index (χ3n) is 15.6. The Labute approximate surface area is 374 Å². The number of benzene rings is 11. The molecule has 0 saturated carbocycles. The lowest BCUT2D eigenvalue weighted by atomic mass is 9.78. The largest absolute Gasteiger partial charge is 0.0619 e. The summed E-state index contributed by atoms with van der Waals surface area (Å²) in [4.78, 5) is 0. The minimum Gasteiger partial charge on any atom is -0.0619 e. The van der Waals surface area contributed by atoms with Gasteiger partial charge in [-0.25, -0.2) is 0 Å². The van der Waals surface area contributed by atoms with Crippen LogP contribution in [-0.2, 0) is 10.8 Å². The molecule has 0 unspecified atom stereocenters. The average molecular weight is 813 g/mol. The molecule has 0 heteroatoms. The molecule has 0 radical (unpaired) electrons. The van der Waals surface area contributed by atoms with Crippen molar-refractivity contribution in [2.24, 2.45) is 0 Å². The van der Waals surface area contributed by atoms with E-state index in [2.05, 4.69) is 222 Å². The van der Waals surface area contributed by atoms with Gasteiger partial charge in [0.1, 0.15) is 0 Å². The van der Waals surface area contributed by atoms with E-state index in [0.717, 1.165) is 0 Å². The first kappa shape index (κ1) is 36.0. The first-order chi connectivity index (χ1) is 31.3. The van der Waals surface area contributed by atoms with Crippen LogP contribution in [0.5, 0.6) is 0 Å². The van der Waals surface area contributed by atoms with Crippen LogP contribution in [0.1, 0.15) is 49.9 Å². The maximum atomic E-state index is 2.57. The highest BCUT2D eigenvalue weighted by Crippen LogP contribution is 2.57. The number of hydrogen-bond donors (Lipinski definition) is 0. The fourth-order valence-electron chi connectivity index (χ4n) is 12.6. The fourth-order valence-corrected chi connectivity index (χ4v) is 12.6. The van der Waals surface area contributed by atoms with Gasteiger partial charge in [0.25, 0.3) is 0 Å². The second-order valence-corrected chi connectivity index (χ2v) is 19.5. The number of fused-ring (bicyclic) bond motifs is 13. The Bertz CT molecular complexity index is 3860. The monoisotopic (exact) mass is 812 g/mol. The predicted molar refractivity (Wildman–Crippen MR) is 272 cm³/mol. The van der Waals surface area contributed by atoms with Gasteiger partial charge in [-0.05, 0) is 161 Å². The van der Waals surface area contributed by atoms with Crippen LogP contribution in [0.25, 0.3) is 121 Å². The van der Waals surface area contributed by atoms with Gasteiger partial charge < -0.3 is 0 Å². The lowest BCUT2D eigenvalue weighted by molar-refractivity contribution is 0.660. The van der Waals surface area contributed by atoms with Crippen LogP contribution < -0.4 is 0 Å². The van der Waals surface area contributed by atoms with Crippen LogP contribution in [0.3, 0.4) is 0 Å². The van der Waals surface area contributed by atoms with E-state index in [0.29, 0.717) is 0 Å². The van der Waals surface area contributed by atoms with Gasteiger partial charge in [0.2, 0.25) is 0 Å². The molecule has 0 bridgehead atoms. The van der Waals surface area contributed by atoms with Gasteiger partial charge in [-0.2, -0.15) is 0 Å². The van der Waals surface area contributed by atoms with Crippen molar-refractivity contribution in [2.45, 2.75) is 38.5 Å². The van der Waals surface area contributed by atoms with E-state index in [-0.39, 0.29) is 10.8 Å². The number of rotatable bonds is 3. The summed E-state index contributed by atoms with van der Waals surface area (Å²) in [6.45, 7) is 9.59. The van der Waals surface area contributed by atoms with Gasteiger partial charge in [0.05, 0.1) is 0 Å². The van der Waals surface area contributed by atoms with Crippen LogP contribution in [0.2, 0.25) is 0 Å². The molecular weight excluding hydrogens is 769 g/mol. The molecule has 64 heavy (non-hydrogen) atoms. The van der Waals surface area contributed by atoms with Crippen LogP contribution in [0, 0.1) is 0 Å². The second kappa shape index (κ2) is 12.6. The van der Waals surface area contributed by atoms with Crippen molar-refractivity contribution < 1.29 is 0 Å². The minimum atomic E-state index is -0.154. The highest BCUT2D eigenvalue weighted by molar-refractivity contribution is 6.28. The summed E-state index contributed by atoms with van der Waals surface area (Å²) in [6, 6.07) is 74.1. The molecule has 11 aromatic carbocycles. The van der Waals surface area contributed by atoms with E-state index < -0.39 is 0 Å². The van der Waals surface area contributed by atoms with E-state index in [1.165, 1.54) is 143 Å². The Morgan fingerprint density at radius 1 is 0.234 bits per heavy atom. The SMILES string of the molecule is CC1(C)c2ccccc2-c2ccc(-c3ccc4c(-c5ccc6c7c(cccc57)-c5ccccc5-6)c5ccccc5c(-c5cc6c(c7ccccc57)-c5ccccc5C6(C)C)c4c3)cc21. The topological polar surface area (TPSA) is 0 Å². The summed E-state index contributed by atoms with van der Waals surface area (Å²) in [5.41, 5.74) is 23.7. The third-order valence-corrected chi connectivity index (χ3v) is 15.6. The Kier molecular flexibility index (Phi) is 7.06. The lowest BCUT2D eigenvalue weighted by Gasteiger charge is -2.25. The third kappa shape index (κ3) is 4.57. The van der Waals surface area contributed by atoms with Gasteiger partial charge >= 0.3 is 0 Å². The summed E-state index contributed by atoms with van der Waals surface area (Å²) >= 11 is 0. The van der Waals surface area contributed by atoms with E-state index in [1.54, 1.807) is 0 Å². The van der Waals surface area contributed by atoms with E-state index in [9.17, 15) is 0 Å². The van der Waals surface area contributed by atoms with Gasteiger partial charge in [-0.3, -0.25) is 0 Å². The zero-order valence-electron chi connectivity index (χ0n) is 36.5. The lowest BCUT2D eigenvalue weighted by Crippen LogP contribution is -2.15. The molecule has 0 amide bonds. The fraction of sp³-hybridized carbons (Fsp3) is 0.0938. The molecule has 0 aromatic heterocycles. The highest BCUT2D eigenvalue weighted by atomic mass is 14.4. The molecule has 0 saturated heterocycles. The van der Waals surface area contributed by atoms with Crippen molar-refractivity contribution in [1.82, 2.24) is 0 Å². The quantitative estimate of drug-likeness (QED) is 0.156. The van der Waals surface area contributed by atoms with Crippen LogP contribution in [0.4, 0.5) is 0 Å². The summed E-state index contributed by atoms with van der Waals surface area (Å²) in [6.07, 6.45) is 0. The van der Waals surface area contributed by atoms with E-state index in [4.69, 9.17) is 0 Å². The minimum absolute atomic E-state index is 0.0868. The highest BCUT2D eigenvalue weighted by Gasteiger charge is 2.38. The van der Waals surface area contributed by atoms with Crippen LogP contribution >= 0.6 is 0 Å². The van der Waals surface area contributed by atoms with Gasteiger partial charge in [0.15, 0.2) is 0 Å².